The molecule has 0 saturated carbocycles. The monoisotopic (exact) mass is 280 g/mol. The minimum absolute atomic E-state index is 0.0689. The molecule has 1 rings (SSSR count). The Morgan fingerprint density at radius 2 is 1.65 bits per heavy atom. The Labute approximate surface area is 117 Å². The first-order valence-corrected chi connectivity index (χ1v) is 6.23. The highest BCUT2D eigenvalue weighted by molar-refractivity contribution is 6.43. The zero-order chi connectivity index (χ0) is 15.8. The fraction of sp³-hybridized carbons (Fsp3) is 0.500. The van der Waals surface area contributed by atoms with Crippen LogP contribution in [0.1, 0.15) is 52.9 Å². The third-order valence-corrected chi connectivity index (χ3v) is 3.05. The molecular weight excluding hydrogens is 260 g/mol. The van der Waals surface area contributed by atoms with Gasteiger partial charge in [-0.25, -0.2) is 4.79 Å². The molecule has 0 aliphatic rings. The fourth-order valence-electron chi connectivity index (χ4n) is 2.12. The van der Waals surface area contributed by atoms with E-state index in [0.29, 0.717) is 11.3 Å². The quantitative estimate of drug-likeness (QED) is 0.647. The summed E-state index contributed by atoms with van der Waals surface area (Å²) >= 11 is 0. The molecule has 0 bridgehead atoms. The van der Waals surface area contributed by atoms with E-state index >= 15 is 0 Å². The number of amides is 1. The first kappa shape index (κ1) is 15.9. The van der Waals surface area contributed by atoms with Crippen LogP contribution < -0.4 is 5.32 Å². The van der Waals surface area contributed by atoms with Crippen molar-refractivity contribution in [2.75, 3.05) is 0 Å². The molecule has 1 amide bonds. The molecule has 0 fully saturated rings. The van der Waals surface area contributed by atoms with Gasteiger partial charge in [0, 0.05) is 18.3 Å². The molecule has 0 radical (unpaired) electrons. The van der Waals surface area contributed by atoms with Crippen LogP contribution in [-0.2, 0) is 11.8 Å². The highest BCUT2D eigenvalue weighted by Crippen LogP contribution is 2.21. The molecule has 1 aromatic rings. The van der Waals surface area contributed by atoms with Crippen molar-refractivity contribution in [1.82, 2.24) is 9.88 Å². The van der Waals surface area contributed by atoms with Crippen LogP contribution >= 0.6 is 0 Å². The molecule has 1 heterocycles. The number of nitrogens with one attached hydrogen (secondary N) is 1. The number of hydrogen-bond donors (Lipinski definition) is 2. The molecule has 0 aliphatic carbocycles. The Balaban J connectivity index is 3.28. The van der Waals surface area contributed by atoms with Gasteiger partial charge >= 0.3 is 5.97 Å². The van der Waals surface area contributed by atoms with Gasteiger partial charge in [-0.15, -0.1) is 0 Å². The molecule has 0 atom stereocenters. The summed E-state index contributed by atoms with van der Waals surface area (Å²) in [7, 11) is 1.58. The Kier molecular flexibility index (Phi) is 4.07. The Morgan fingerprint density at radius 3 is 2.00 bits per heavy atom. The summed E-state index contributed by atoms with van der Waals surface area (Å²) in [6.45, 7) is 8.45. The van der Waals surface area contributed by atoms with Crippen molar-refractivity contribution in [3.8, 4) is 0 Å². The van der Waals surface area contributed by atoms with Crippen molar-refractivity contribution in [1.29, 1.82) is 0 Å². The van der Waals surface area contributed by atoms with Gasteiger partial charge in [0.05, 0.1) is 11.3 Å². The number of nitrogens with zero attached hydrogens (tertiary/aromatic N) is 1. The van der Waals surface area contributed by atoms with Crippen LogP contribution in [-0.4, -0.2) is 32.9 Å². The van der Waals surface area contributed by atoms with E-state index in [9.17, 15) is 14.4 Å². The van der Waals surface area contributed by atoms with E-state index in [0.717, 1.165) is 0 Å². The average molecular weight is 280 g/mol. The van der Waals surface area contributed by atoms with Crippen molar-refractivity contribution in [2.45, 2.75) is 40.2 Å². The van der Waals surface area contributed by atoms with Crippen LogP contribution in [0.4, 0.5) is 0 Å². The van der Waals surface area contributed by atoms with E-state index in [1.165, 1.54) is 11.5 Å². The van der Waals surface area contributed by atoms with Crippen LogP contribution in [0.5, 0.6) is 0 Å². The maximum atomic E-state index is 12.2. The van der Waals surface area contributed by atoms with E-state index in [4.69, 9.17) is 5.11 Å². The highest BCUT2D eigenvalue weighted by Gasteiger charge is 2.29. The molecule has 110 valence electrons. The lowest BCUT2D eigenvalue weighted by Crippen LogP contribution is -2.44. The lowest BCUT2D eigenvalue weighted by Gasteiger charge is -2.20. The summed E-state index contributed by atoms with van der Waals surface area (Å²) in [6, 6.07) is 0. The van der Waals surface area contributed by atoms with Gasteiger partial charge in [-0.2, -0.15) is 0 Å². The number of carbonyl (C=O) groups is 3. The predicted octanol–water partition coefficient (Wildman–Crippen LogP) is 1.44. The van der Waals surface area contributed by atoms with Crippen molar-refractivity contribution in [2.24, 2.45) is 7.05 Å². The topological polar surface area (TPSA) is 88.4 Å². The minimum Gasteiger partial charge on any atom is -0.478 e. The standard InChI is InChI=1S/C14H20N2O4/c1-7-9(13(19)20)8(2)16(6)10(7)11(17)12(18)15-14(3,4)5/h1-6H3,(H,15,18)(H,19,20). The van der Waals surface area contributed by atoms with Crippen LogP contribution in [0.15, 0.2) is 0 Å². The molecule has 0 aliphatic heterocycles. The van der Waals surface area contributed by atoms with Gasteiger partial charge in [-0.1, -0.05) is 0 Å². The summed E-state index contributed by atoms with van der Waals surface area (Å²) in [5.74, 6) is -2.57. The first-order chi connectivity index (χ1) is 8.97. The van der Waals surface area contributed by atoms with Gasteiger partial charge in [-0.3, -0.25) is 9.59 Å². The van der Waals surface area contributed by atoms with Gasteiger partial charge in [0.1, 0.15) is 0 Å². The number of aromatic carboxylic acids is 1. The van der Waals surface area contributed by atoms with Crippen LogP contribution in [0.3, 0.4) is 0 Å². The molecule has 20 heavy (non-hydrogen) atoms. The molecule has 1 aromatic heterocycles. The van der Waals surface area contributed by atoms with Gasteiger partial charge < -0.3 is 15.0 Å². The summed E-state index contributed by atoms with van der Waals surface area (Å²) in [5, 5.41) is 11.7. The van der Waals surface area contributed by atoms with Crippen LogP contribution in [0.25, 0.3) is 0 Å². The van der Waals surface area contributed by atoms with E-state index in [2.05, 4.69) is 5.32 Å². The molecule has 6 heteroatoms. The molecule has 0 aromatic carbocycles. The van der Waals surface area contributed by atoms with E-state index in [1.807, 2.05) is 0 Å². The largest absolute Gasteiger partial charge is 0.478 e. The predicted molar refractivity (Wildman–Crippen MR) is 74.1 cm³/mol. The second-order valence-corrected chi connectivity index (χ2v) is 5.83. The number of aromatic nitrogens is 1. The minimum atomic E-state index is -1.11. The number of Topliss-reactive ketones (excluding diaryl/α,β-unsaturated/α-hetero) is 1. The number of rotatable bonds is 3. The van der Waals surface area contributed by atoms with Gasteiger partial charge in [-0.05, 0) is 40.2 Å². The maximum absolute atomic E-state index is 12.2. The van der Waals surface area contributed by atoms with E-state index in [-0.39, 0.29) is 11.3 Å². The fourth-order valence-corrected chi connectivity index (χ4v) is 2.12. The zero-order valence-corrected chi connectivity index (χ0v) is 12.6. The third kappa shape index (κ3) is 2.89. The molecule has 0 saturated heterocycles. The van der Waals surface area contributed by atoms with Crippen molar-refractivity contribution < 1.29 is 19.5 Å². The van der Waals surface area contributed by atoms with Crippen LogP contribution in [0.2, 0.25) is 0 Å². The summed E-state index contributed by atoms with van der Waals surface area (Å²) in [5.41, 5.74) is 0.408. The molecular formula is C14H20N2O4. The summed E-state index contributed by atoms with van der Waals surface area (Å²) in [4.78, 5) is 35.4. The summed E-state index contributed by atoms with van der Waals surface area (Å²) in [6.07, 6.45) is 0. The van der Waals surface area contributed by atoms with Crippen molar-refractivity contribution in [3.05, 3.63) is 22.5 Å². The highest BCUT2D eigenvalue weighted by atomic mass is 16.4. The number of carboxylic acids is 1. The Hall–Kier alpha value is -2.11. The first-order valence-electron chi connectivity index (χ1n) is 6.23. The zero-order valence-electron chi connectivity index (χ0n) is 12.6. The van der Waals surface area contributed by atoms with E-state index < -0.39 is 23.2 Å². The number of ketones is 1. The van der Waals surface area contributed by atoms with Crippen molar-refractivity contribution >= 4 is 17.7 Å². The Bertz CT molecular complexity index is 591. The molecule has 0 spiro atoms. The van der Waals surface area contributed by atoms with Gasteiger partial charge in [0.15, 0.2) is 0 Å². The molecule has 0 unspecified atom stereocenters. The number of carbonyl (C=O) groups excluding carboxylic acids is 2. The normalized spacial score (nSPS) is 11.3. The molecule has 2 N–H and O–H groups in total. The van der Waals surface area contributed by atoms with Gasteiger partial charge in [0.25, 0.3) is 11.7 Å². The second-order valence-electron chi connectivity index (χ2n) is 5.83. The lowest BCUT2D eigenvalue weighted by atomic mass is 10.1. The lowest BCUT2D eigenvalue weighted by molar-refractivity contribution is -0.118. The third-order valence-electron chi connectivity index (χ3n) is 3.05. The van der Waals surface area contributed by atoms with E-state index in [1.54, 1.807) is 34.7 Å². The Morgan fingerprint density at radius 1 is 1.15 bits per heavy atom. The van der Waals surface area contributed by atoms with Gasteiger partial charge in [0.2, 0.25) is 0 Å². The SMILES string of the molecule is Cc1c(C(=O)O)c(C)n(C)c1C(=O)C(=O)NC(C)(C)C. The maximum Gasteiger partial charge on any atom is 0.337 e. The molecule has 6 nitrogen and oxygen atoms in total. The van der Waals surface area contributed by atoms with Crippen LogP contribution in [0, 0.1) is 13.8 Å². The number of carboxylic acid groups (broad SMARTS) is 1. The smallest absolute Gasteiger partial charge is 0.337 e. The van der Waals surface area contributed by atoms with Crippen molar-refractivity contribution in [3.63, 3.8) is 0 Å². The summed E-state index contributed by atoms with van der Waals surface area (Å²) < 4.78 is 1.45. The second kappa shape index (κ2) is 5.11. The number of hydrogen-bond acceptors (Lipinski definition) is 3. The average Bonchev–Trinajstić information content (AvgIpc) is 2.47.